The van der Waals surface area contributed by atoms with Gasteiger partial charge in [-0.2, -0.15) is 4.98 Å². The van der Waals surface area contributed by atoms with E-state index in [2.05, 4.69) is 10.1 Å². The highest BCUT2D eigenvalue weighted by molar-refractivity contribution is 5.76. The van der Waals surface area contributed by atoms with Crippen LogP contribution >= 0.6 is 0 Å². The number of rotatable bonds is 5. The summed E-state index contributed by atoms with van der Waals surface area (Å²) in [6, 6.07) is 9.83. The Morgan fingerprint density at radius 2 is 1.92 bits per heavy atom. The van der Waals surface area contributed by atoms with Gasteiger partial charge in [0.15, 0.2) is 5.82 Å². The number of aromatic nitrogens is 2. The topological polar surface area (TPSA) is 59.2 Å². The molecule has 1 aromatic carbocycles. The molecule has 5 nitrogen and oxygen atoms in total. The number of carbonyl (C=O) groups excluding carboxylic acids is 1. The first-order chi connectivity index (χ1) is 12.3. The van der Waals surface area contributed by atoms with Crippen LogP contribution in [-0.4, -0.2) is 34.0 Å². The molecule has 0 spiro atoms. The molecule has 2 heterocycles. The van der Waals surface area contributed by atoms with E-state index in [0.717, 1.165) is 43.7 Å². The van der Waals surface area contributed by atoms with Gasteiger partial charge in [0, 0.05) is 31.5 Å². The van der Waals surface area contributed by atoms with Crippen molar-refractivity contribution in [3.63, 3.8) is 0 Å². The normalized spacial score (nSPS) is 21.1. The summed E-state index contributed by atoms with van der Waals surface area (Å²) in [4.78, 5) is 19.0. The number of likely N-dealkylation sites (tertiary alicyclic amines) is 1. The molecular weight excluding hydrogens is 314 g/mol. The number of hydrogen-bond donors (Lipinski definition) is 0. The number of amides is 1. The van der Waals surface area contributed by atoms with Crippen molar-refractivity contribution >= 4 is 5.91 Å². The first-order valence-electron chi connectivity index (χ1n) is 9.43. The summed E-state index contributed by atoms with van der Waals surface area (Å²) in [6.07, 6.45) is 7.61. The van der Waals surface area contributed by atoms with E-state index in [0.29, 0.717) is 23.6 Å². The molecule has 1 aliphatic heterocycles. The second-order valence-corrected chi connectivity index (χ2v) is 7.43. The highest BCUT2D eigenvalue weighted by atomic mass is 16.5. The SMILES string of the molecule is O=C(CC1CCCC1)N1CCC(Cc2noc(-c3ccccc3)n2)C1. The van der Waals surface area contributed by atoms with Gasteiger partial charge in [-0.05, 0) is 43.2 Å². The average Bonchev–Trinajstić information content (AvgIpc) is 3.38. The molecule has 1 aromatic heterocycles. The highest BCUT2D eigenvalue weighted by Gasteiger charge is 2.29. The predicted octanol–water partition coefficient (Wildman–Crippen LogP) is 3.71. The molecule has 0 radical (unpaired) electrons. The molecule has 2 fully saturated rings. The number of nitrogens with zero attached hydrogens (tertiary/aromatic N) is 3. The summed E-state index contributed by atoms with van der Waals surface area (Å²) in [5.41, 5.74) is 0.945. The fourth-order valence-corrected chi connectivity index (χ4v) is 4.11. The Kier molecular flexibility index (Phi) is 4.81. The summed E-state index contributed by atoms with van der Waals surface area (Å²) in [5, 5.41) is 4.12. The van der Waals surface area contributed by atoms with E-state index in [1.54, 1.807) is 0 Å². The van der Waals surface area contributed by atoms with Crippen molar-refractivity contribution in [3.05, 3.63) is 36.2 Å². The van der Waals surface area contributed by atoms with Gasteiger partial charge in [0.1, 0.15) is 0 Å². The van der Waals surface area contributed by atoms with Crippen molar-refractivity contribution in [2.45, 2.75) is 44.9 Å². The molecule has 1 saturated heterocycles. The van der Waals surface area contributed by atoms with E-state index < -0.39 is 0 Å². The minimum absolute atomic E-state index is 0.340. The third-order valence-electron chi connectivity index (χ3n) is 5.54. The first-order valence-corrected chi connectivity index (χ1v) is 9.43. The van der Waals surface area contributed by atoms with E-state index >= 15 is 0 Å². The Morgan fingerprint density at radius 3 is 2.72 bits per heavy atom. The van der Waals surface area contributed by atoms with Crippen LogP contribution in [0.3, 0.4) is 0 Å². The van der Waals surface area contributed by atoms with Gasteiger partial charge in [-0.1, -0.05) is 36.2 Å². The lowest BCUT2D eigenvalue weighted by atomic mass is 10.0. The largest absolute Gasteiger partial charge is 0.342 e. The third-order valence-corrected chi connectivity index (χ3v) is 5.54. The lowest BCUT2D eigenvalue weighted by molar-refractivity contribution is -0.131. The van der Waals surface area contributed by atoms with Crippen LogP contribution in [0.5, 0.6) is 0 Å². The summed E-state index contributed by atoms with van der Waals surface area (Å²) in [7, 11) is 0. The lowest BCUT2D eigenvalue weighted by Gasteiger charge is -2.18. The van der Waals surface area contributed by atoms with Gasteiger partial charge in [-0.15, -0.1) is 0 Å². The predicted molar refractivity (Wildman–Crippen MR) is 94.7 cm³/mol. The van der Waals surface area contributed by atoms with Gasteiger partial charge in [0.25, 0.3) is 5.89 Å². The molecule has 1 amide bonds. The Balaban J connectivity index is 1.30. The zero-order valence-corrected chi connectivity index (χ0v) is 14.6. The second kappa shape index (κ2) is 7.38. The van der Waals surface area contributed by atoms with E-state index in [9.17, 15) is 4.79 Å². The van der Waals surface area contributed by atoms with Crippen LogP contribution in [-0.2, 0) is 11.2 Å². The van der Waals surface area contributed by atoms with Crippen molar-refractivity contribution in [1.82, 2.24) is 15.0 Å². The van der Waals surface area contributed by atoms with Crippen molar-refractivity contribution in [2.75, 3.05) is 13.1 Å². The van der Waals surface area contributed by atoms with Crippen molar-refractivity contribution < 1.29 is 9.32 Å². The molecule has 4 rings (SSSR count). The average molecular weight is 339 g/mol. The van der Waals surface area contributed by atoms with E-state index in [4.69, 9.17) is 4.52 Å². The molecule has 2 aliphatic rings. The maximum atomic E-state index is 12.5. The zero-order chi connectivity index (χ0) is 17.1. The summed E-state index contributed by atoms with van der Waals surface area (Å²) in [6.45, 7) is 1.71. The number of benzene rings is 1. The molecule has 0 N–H and O–H groups in total. The highest BCUT2D eigenvalue weighted by Crippen LogP contribution is 2.29. The van der Waals surface area contributed by atoms with Crippen LogP contribution < -0.4 is 0 Å². The maximum Gasteiger partial charge on any atom is 0.257 e. The molecule has 1 unspecified atom stereocenters. The fourth-order valence-electron chi connectivity index (χ4n) is 4.11. The van der Waals surface area contributed by atoms with Crippen LogP contribution in [0.4, 0.5) is 0 Å². The van der Waals surface area contributed by atoms with Crippen LogP contribution in [0.2, 0.25) is 0 Å². The van der Waals surface area contributed by atoms with Gasteiger partial charge in [-0.25, -0.2) is 0 Å². The summed E-state index contributed by atoms with van der Waals surface area (Å²) < 4.78 is 5.38. The minimum atomic E-state index is 0.340. The monoisotopic (exact) mass is 339 g/mol. The number of hydrogen-bond acceptors (Lipinski definition) is 4. The molecule has 2 aromatic rings. The van der Waals surface area contributed by atoms with Gasteiger partial charge in [0.05, 0.1) is 0 Å². The molecule has 0 bridgehead atoms. The molecule has 5 heteroatoms. The Labute approximate surface area is 148 Å². The summed E-state index contributed by atoms with van der Waals surface area (Å²) in [5.74, 6) is 2.72. The molecule has 25 heavy (non-hydrogen) atoms. The van der Waals surface area contributed by atoms with Crippen molar-refractivity contribution in [3.8, 4) is 11.5 Å². The molecule has 1 saturated carbocycles. The van der Waals surface area contributed by atoms with Gasteiger partial charge < -0.3 is 9.42 Å². The standard InChI is InChI=1S/C20H25N3O2/c24-19(13-15-6-4-5-7-15)23-11-10-16(14-23)12-18-21-20(25-22-18)17-8-2-1-3-9-17/h1-3,8-9,15-16H,4-7,10-14H2. The Bertz CT molecular complexity index is 707. The van der Waals surface area contributed by atoms with E-state index in [1.165, 1.54) is 25.7 Å². The van der Waals surface area contributed by atoms with Crippen LogP contribution in [0.15, 0.2) is 34.9 Å². The van der Waals surface area contributed by atoms with Crippen LogP contribution in [0.25, 0.3) is 11.5 Å². The molecular formula is C20H25N3O2. The van der Waals surface area contributed by atoms with Crippen LogP contribution in [0, 0.1) is 11.8 Å². The molecule has 1 aliphatic carbocycles. The Hall–Kier alpha value is -2.17. The summed E-state index contributed by atoms with van der Waals surface area (Å²) >= 11 is 0. The zero-order valence-electron chi connectivity index (χ0n) is 14.6. The van der Waals surface area contributed by atoms with E-state index in [1.807, 2.05) is 35.2 Å². The Morgan fingerprint density at radius 1 is 1.12 bits per heavy atom. The maximum absolute atomic E-state index is 12.5. The van der Waals surface area contributed by atoms with Crippen molar-refractivity contribution in [1.29, 1.82) is 0 Å². The molecule has 132 valence electrons. The fraction of sp³-hybridized carbons (Fsp3) is 0.550. The van der Waals surface area contributed by atoms with Gasteiger partial charge in [-0.3, -0.25) is 4.79 Å². The lowest BCUT2D eigenvalue weighted by Crippen LogP contribution is -2.30. The third kappa shape index (κ3) is 3.91. The first kappa shape index (κ1) is 16.3. The van der Waals surface area contributed by atoms with Gasteiger partial charge >= 0.3 is 0 Å². The second-order valence-electron chi connectivity index (χ2n) is 7.43. The van der Waals surface area contributed by atoms with Crippen molar-refractivity contribution in [2.24, 2.45) is 11.8 Å². The van der Waals surface area contributed by atoms with Crippen LogP contribution in [0.1, 0.15) is 44.3 Å². The van der Waals surface area contributed by atoms with E-state index in [-0.39, 0.29) is 0 Å². The molecule has 1 atom stereocenters. The smallest absolute Gasteiger partial charge is 0.257 e. The van der Waals surface area contributed by atoms with Gasteiger partial charge in [0.2, 0.25) is 5.91 Å². The number of carbonyl (C=O) groups is 1. The quantitative estimate of drug-likeness (QED) is 0.833. The minimum Gasteiger partial charge on any atom is -0.342 e.